The van der Waals surface area contributed by atoms with Crippen molar-refractivity contribution in [3.8, 4) is 0 Å². The summed E-state index contributed by atoms with van der Waals surface area (Å²) in [5, 5.41) is 9.49. The van der Waals surface area contributed by atoms with E-state index < -0.39 is 16.1 Å². The number of rotatable bonds is 4. The molecule has 1 amide bonds. The van der Waals surface area contributed by atoms with E-state index in [0.29, 0.717) is 43.2 Å². The van der Waals surface area contributed by atoms with E-state index in [1.807, 2.05) is 0 Å². The first kappa shape index (κ1) is 16.9. The maximum Gasteiger partial charge on any atom is 0.407 e. The quantitative estimate of drug-likeness (QED) is 0.908. The topological polar surface area (TPSA) is 77.9 Å². The van der Waals surface area contributed by atoms with Crippen LogP contribution < -0.4 is 4.31 Å². The number of piperidine rings is 1. The fourth-order valence-corrected chi connectivity index (χ4v) is 3.69. The Kier molecular flexibility index (Phi) is 5.18. The fourth-order valence-electron chi connectivity index (χ4n) is 2.58. The van der Waals surface area contributed by atoms with Crippen molar-refractivity contribution in [2.45, 2.75) is 12.8 Å². The van der Waals surface area contributed by atoms with Crippen molar-refractivity contribution in [3.05, 3.63) is 29.3 Å². The summed E-state index contributed by atoms with van der Waals surface area (Å²) in [6.07, 6.45) is 1.57. The highest BCUT2D eigenvalue weighted by Gasteiger charge is 2.27. The van der Waals surface area contributed by atoms with Crippen LogP contribution in [0.5, 0.6) is 0 Å². The molecule has 8 heteroatoms. The highest BCUT2D eigenvalue weighted by molar-refractivity contribution is 7.92. The Balaban J connectivity index is 2.09. The molecule has 122 valence electrons. The van der Waals surface area contributed by atoms with E-state index in [-0.39, 0.29) is 5.92 Å². The molecule has 1 aliphatic heterocycles. The normalized spacial score (nSPS) is 16.5. The van der Waals surface area contributed by atoms with E-state index in [4.69, 9.17) is 16.7 Å². The number of benzene rings is 1. The number of anilines is 1. The highest BCUT2D eigenvalue weighted by Crippen LogP contribution is 2.25. The highest BCUT2D eigenvalue weighted by atomic mass is 35.5. The predicted molar refractivity (Wildman–Crippen MR) is 86.0 cm³/mol. The summed E-state index contributed by atoms with van der Waals surface area (Å²) in [6, 6.07) is 6.66. The average Bonchev–Trinajstić information content (AvgIpc) is 2.45. The summed E-state index contributed by atoms with van der Waals surface area (Å²) in [5.74, 6) is 0.140. The van der Waals surface area contributed by atoms with E-state index >= 15 is 0 Å². The molecule has 1 aromatic carbocycles. The third-order valence-electron chi connectivity index (χ3n) is 3.82. The van der Waals surface area contributed by atoms with Gasteiger partial charge in [0.05, 0.1) is 11.9 Å². The minimum absolute atomic E-state index is 0.140. The lowest BCUT2D eigenvalue weighted by Gasteiger charge is -2.33. The van der Waals surface area contributed by atoms with Crippen molar-refractivity contribution in [1.82, 2.24) is 4.90 Å². The van der Waals surface area contributed by atoms with Gasteiger partial charge in [0.15, 0.2) is 0 Å². The lowest BCUT2D eigenvalue weighted by Crippen LogP contribution is -2.42. The SMILES string of the molecule is CS(=O)(=O)N(CC1CCN(C(=O)O)CC1)c1ccc(Cl)cc1. The first-order valence-corrected chi connectivity index (χ1v) is 9.21. The van der Waals surface area contributed by atoms with Crippen molar-refractivity contribution < 1.29 is 18.3 Å². The number of halogens is 1. The van der Waals surface area contributed by atoms with Gasteiger partial charge in [0, 0.05) is 24.7 Å². The number of hydrogen-bond donors (Lipinski definition) is 1. The van der Waals surface area contributed by atoms with E-state index in [9.17, 15) is 13.2 Å². The fraction of sp³-hybridized carbons (Fsp3) is 0.500. The van der Waals surface area contributed by atoms with Gasteiger partial charge in [0.2, 0.25) is 10.0 Å². The molecule has 22 heavy (non-hydrogen) atoms. The zero-order valence-corrected chi connectivity index (χ0v) is 13.8. The average molecular weight is 347 g/mol. The van der Waals surface area contributed by atoms with Crippen LogP contribution in [0.15, 0.2) is 24.3 Å². The van der Waals surface area contributed by atoms with Gasteiger partial charge in [-0.05, 0) is 43.0 Å². The molecule has 1 fully saturated rings. The van der Waals surface area contributed by atoms with Crippen molar-refractivity contribution in [1.29, 1.82) is 0 Å². The van der Waals surface area contributed by atoms with Crippen LogP contribution in [0.3, 0.4) is 0 Å². The maximum absolute atomic E-state index is 12.1. The summed E-state index contributed by atoms with van der Waals surface area (Å²) in [7, 11) is -3.40. The lowest BCUT2D eigenvalue weighted by atomic mass is 9.97. The minimum atomic E-state index is -3.40. The van der Waals surface area contributed by atoms with E-state index in [0.717, 1.165) is 0 Å². The zero-order chi connectivity index (χ0) is 16.3. The number of hydrogen-bond acceptors (Lipinski definition) is 3. The van der Waals surface area contributed by atoms with Crippen molar-refractivity contribution in [2.75, 3.05) is 30.2 Å². The van der Waals surface area contributed by atoms with Gasteiger partial charge >= 0.3 is 6.09 Å². The van der Waals surface area contributed by atoms with Crippen LogP contribution in [0.1, 0.15) is 12.8 Å². The minimum Gasteiger partial charge on any atom is -0.465 e. The van der Waals surface area contributed by atoms with Gasteiger partial charge < -0.3 is 10.0 Å². The van der Waals surface area contributed by atoms with Crippen LogP contribution in [-0.4, -0.2) is 50.4 Å². The van der Waals surface area contributed by atoms with Gasteiger partial charge in [-0.15, -0.1) is 0 Å². The third-order valence-corrected chi connectivity index (χ3v) is 5.24. The molecule has 0 bridgehead atoms. The molecule has 2 rings (SSSR count). The van der Waals surface area contributed by atoms with E-state index in [2.05, 4.69) is 0 Å². The van der Waals surface area contributed by atoms with Gasteiger partial charge in [0.25, 0.3) is 0 Å². The smallest absolute Gasteiger partial charge is 0.407 e. The molecular formula is C14H19ClN2O4S. The second kappa shape index (κ2) is 6.75. The Morgan fingerprint density at radius 2 is 1.86 bits per heavy atom. The number of carboxylic acid groups (broad SMARTS) is 1. The first-order valence-electron chi connectivity index (χ1n) is 6.98. The molecule has 6 nitrogen and oxygen atoms in total. The monoisotopic (exact) mass is 346 g/mol. The Hall–Kier alpha value is -1.47. The summed E-state index contributed by atoms with van der Waals surface area (Å²) < 4.78 is 25.5. The van der Waals surface area contributed by atoms with Gasteiger partial charge in [-0.25, -0.2) is 13.2 Å². The van der Waals surface area contributed by atoms with Crippen LogP contribution >= 0.6 is 11.6 Å². The Morgan fingerprint density at radius 1 is 1.32 bits per heavy atom. The molecule has 1 aromatic rings. The summed E-state index contributed by atoms with van der Waals surface area (Å²) in [5.41, 5.74) is 0.576. The van der Waals surface area contributed by atoms with Crippen LogP contribution in [-0.2, 0) is 10.0 Å². The lowest BCUT2D eigenvalue weighted by molar-refractivity contribution is 0.125. The van der Waals surface area contributed by atoms with Gasteiger partial charge in [0.1, 0.15) is 0 Å². The van der Waals surface area contributed by atoms with E-state index in [1.54, 1.807) is 24.3 Å². The summed E-state index contributed by atoms with van der Waals surface area (Å²) in [4.78, 5) is 12.3. The van der Waals surface area contributed by atoms with Gasteiger partial charge in [-0.3, -0.25) is 4.31 Å². The maximum atomic E-state index is 12.1. The molecule has 0 saturated carbocycles. The second-order valence-corrected chi connectivity index (χ2v) is 7.83. The number of sulfonamides is 1. The summed E-state index contributed by atoms with van der Waals surface area (Å²) in [6.45, 7) is 1.24. The molecule has 0 atom stereocenters. The van der Waals surface area contributed by atoms with E-state index in [1.165, 1.54) is 15.5 Å². The molecule has 0 aromatic heterocycles. The van der Waals surface area contributed by atoms with Crippen LogP contribution in [0, 0.1) is 5.92 Å². The van der Waals surface area contributed by atoms with Crippen molar-refractivity contribution in [2.24, 2.45) is 5.92 Å². The molecule has 1 N–H and O–H groups in total. The van der Waals surface area contributed by atoms with Crippen molar-refractivity contribution >= 4 is 33.4 Å². The number of nitrogens with zero attached hydrogens (tertiary/aromatic N) is 2. The molecule has 1 saturated heterocycles. The van der Waals surface area contributed by atoms with Crippen LogP contribution in [0.25, 0.3) is 0 Å². The first-order chi connectivity index (χ1) is 10.3. The number of amides is 1. The Morgan fingerprint density at radius 3 is 2.32 bits per heavy atom. The number of carbonyl (C=O) groups is 1. The van der Waals surface area contributed by atoms with Crippen molar-refractivity contribution in [3.63, 3.8) is 0 Å². The molecule has 0 unspecified atom stereocenters. The second-order valence-electron chi connectivity index (χ2n) is 5.48. The third kappa shape index (κ3) is 4.27. The Bertz CT molecular complexity index is 625. The van der Waals surface area contributed by atoms with Crippen LogP contribution in [0.4, 0.5) is 10.5 Å². The molecule has 1 aliphatic rings. The molecule has 0 aliphatic carbocycles. The predicted octanol–water partition coefficient (Wildman–Crippen LogP) is 2.50. The standard InChI is InChI=1S/C14H19ClN2O4S/c1-22(20,21)17(13-4-2-12(15)3-5-13)10-11-6-8-16(9-7-11)14(18)19/h2-5,11H,6-10H2,1H3,(H,18,19). The Labute approximate surface area is 135 Å². The largest absolute Gasteiger partial charge is 0.465 e. The van der Waals surface area contributed by atoms with Gasteiger partial charge in [-0.1, -0.05) is 11.6 Å². The summed E-state index contributed by atoms with van der Waals surface area (Å²) >= 11 is 5.84. The molecule has 1 heterocycles. The molecular weight excluding hydrogens is 328 g/mol. The molecule has 0 radical (unpaired) electrons. The van der Waals surface area contributed by atoms with Gasteiger partial charge in [-0.2, -0.15) is 0 Å². The van der Waals surface area contributed by atoms with Crippen LogP contribution in [0.2, 0.25) is 5.02 Å². The number of likely N-dealkylation sites (tertiary alicyclic amines) is 1. The molecule has 0 spiro atoms. The zero-order valence-electron chi connectivity index (χ0n) is 12.3.